The molecule has 19 fully saturated rings. The molecule has 0 spiro atoms. The lowest BCUT2D eigenvalue weighted by molar-refractivity contribution is -0.104. The molecule has 0 saturated heterocycles. The summed E-state index contributed by atoms with van der Waals surface area (Å²) in [6.07, 6.45) is 35.4. The molecule has 0 heterocycles. The van der Waals surface area contributed by atoms with Crippen molar-refractivity contribution < 1.29 is 8.78 Å². The summed E-state index contributed by atoms with van der Waals surface area (Å²) in [5.41, 5.74) is 0.704. The largest absolute Gasteiger partial charge is 0.244 e. The zero-order chi connectivity index (χ0) is 58.6. The molecule has 0 N–H and O–H groups in total. The minimum Gasteiger partial charge on any atom is -0.244 e. The topological polar surface area (TPSA) is 0 Å². The van der Waals surface area contributed by atoms with E-state index >= 15 is 0 Å². The first-order chi connectivity index (χ1) is 36.5. The van der Waals surface area contributed by atoms with Gasteiger partial charge in [-0.15, -0.1) is 23.2 Å². The number of fused-ring (bicyclic) bond motifs is 5. The molecule has 19 rings (SSSR count). The highest BCUT2D eigenvalue weighted by atomic mass is 35.5. The highest BCUT2D eigenvalue weighted by Gasteiger charge is 2.57. The minimum atomic E-state index is -0.771. The summed E-state index contributed by atoms with van der Waals surface area (Å²) in [6, 6.07) is 0. The third-order valence-electron chi connectivity index (χ3n) is 26.8. The number of hydrogen-bond donors (Lipinski definition) is 0. The van der Waals surface area contributed by atoms with E-state index in [9.17, 15) is 8.78 Å². The van der Waals surface area contributed by atoms with Crippen LogP contribution in [0.3, 0.4) is 0 Å². The van der Waals surface area contributed by atoms with Crippen molar-refractivity contribution in [3.8, 4) is 0 Å². The maximum Gasteiger partial charge on any atom is 0.111 e. The van der Waals surface area contributed by atoms with Crippen LogP contribution in [0.15, 0.2) is 0 Å². The average Bonchev–Trinajstić information content (AvgIpc) is 3.39. The highest BCUT2D eigenvalue weighted by Crippen LogP contribution is 2.65. The van der Waals surface area contributed by atoms with Gasteiger partial charge in [0.25, 0.3) is 0 Å². The second-order valence-corrected chi connectivity index (χ2v) is 34.1. The van der Waals surface area contributed by atoms with E-state index < -0.39 is 11.3 Å². The summed E-state index contributed by atoms with van der Waals surface area (Å²) in [5.74, 6) is 15.9. The van der Waals surface area contributed by atoms with E-state index in [-0.39, 0.29) is 9.75 Å². The van der Waals surface area contributed by atoms with Crippen molar-refractivity contribution in [3.63, 3.8) is 0 Å². The van der Waals surface area contributed by atoms with Gasteiger partial charge < -0.3 is 0 Å². The monoisotopic (exact) mass is 1130 g/mol. The van der Waals surface area contributed by atoms with Gasteiger partial charge in [0.05, 0.1) is 0 Å². The Kier molecular flexibility index (Phi) is 24.7. The van der Waals surface area contributed by atoms with Gasteiger partial charge in [0.2, 0.25) is 0 Å². The fraction of sp³-hybridized carbons (Fsp3) is 1.00. The zero-order valence-electron chi connectivity index (χ0n) is 56.1. The van der Waals surface area contributed by atoms with Crippen LogP contribution < -0.4 is 0 Å². The van der Waals surface area contributed by atoms with Crippen molar-refractivity contribution in [3.05, 3.63) is 0 Å². The molecule has 19 aliphatic rings. The molecule has 19 aliphatic carbocycles. The molecule has 6 unspecified atom stereocenters. The Morgan fingerprint density at radius 1 is 0.423 bits per heavy atom. The molecule has 0 nitrogen and oxygen atoms in total. The fourth-order valence-corrected chi connectivity index (χ4v) is 22.2. The van der Waals surface area contributed by atoms with E-state index in [1.54, 1.807) is 0 Å². The molecular weight excluding hydrogens is 998 g/mol. The van der Waals surface area contributed by atoms with E-state index in [4.69, 9.17) is 23.2 Å². The third kappa shape index (κ3) is 15.7. The standard InChI is InChI=1S/C12H21F.2C11H17Cl.C11H17F.C11H22.C10H18.4C2H6/c1-10(2,3)11-4-7-12(13,8-5-11)9-6-11;3*1-7-9-2-8-3-10(7)6-11(12,4-8)5-9;1-9(2)11(4)7-5-10(3)6-8-11;1-7-4-5-8-6-9(7)10(8,2)3;4*1-2/h4-9H2,1-3H3;3*7-10H,2-6H2,1H3;9-10H,5-8H2,1-4H3;7-9H,4-6H2,1-3H3;4*1-2H3/t;;;;;7-,8-,9-;;;;/m.....0..../s1. The van der Waals surface area contributed by atoms with Crippen LogP contribution in [-0.4, -0.2) is 21.1 Å². The predicted molar refractivity (Wildman–Crippen MR) is 342 cm³/mol. The predicted octanol–water partition coefficient (Wildman–Crippen LogP) is 25.2. The summed E-state index contributed by atoms with van der Waals surface area (Å²) in [4.78, 5) is 0.506. The lowest BCUT2D eigenvalue weighted by Crippen LogP contribution is -2.51. The summed E-state index contributed by atoms with van der Waals surface area (Å²) in [5, 5.41) is 0. The molecule has 78 heavy (non-hydrogen) atoms. The lowest BCUT2D eigenvalue weighted by Gasteiger charge is -2.59. The molecule has 0 aliphatic heterocycles. The van der Waals surface area contributed by atoms with Gasteiger partial charge in [0.1, 0.15) is 11.3 Å². The number of hydrogen-bond acceptors (Lipinski definition) is 0. The average molecular weight is 1130 g/mol. The number of alkyl halides is 4. The van der Waals surface area contributed by atoms with Gasteiger partial charge in [-0.1, -0.05) is 165 Å². The molecule has 9 atom stereocenters. The molecule has 0 aromatic heterocycles. The molecule has 460 valence electrons. The number of halogens is 4. The van der Waals surface area contributed by atoms with Crippen molar-refractivity contribution >= 4 is 23.2 Å². The Bertz CT molecular complexity index is 1580. The molecule has 0 amide bonds. The van der Waals surface area contributed by atoms with E-state index in [0.717, 1.165) is 158 Å². The minimum absolute atomic E-state index is 0.253. The smallest absolute Gasteiger partial charge is 0.111 e. The van der Waals surface area contributed by atoms with Gasteiger partial charge in [-0.05, 0) is 283 Å². The van der Waals surface area contributed by atoms with E-state index in [2.05, 4.69) is 90.0 Å². The van der Waals surface area contributed by atoms with E-state index in [1.165, 1.54) is 122 Å². The summed E-state index contributed by atoms with van der Waals surface area (Å²) < 4.78 is 28.0. The van der Waals surface area contributed by atoms with Crippen LogP contribution in [0.4, 0.5) is 8.78 Å². The summed E-state index contributed by atoms with van der Waals surface area (Å²) in [6.45, 7) is 47.2. The van der Waals surface area contributed by atoms with E-state index in [1.807, 2.05) is 55.4 Å². The quantitative estimate of drug-likeness (QED) is 0.230. The van der Waals surface area contributed by atoms with Gasteiger partial charge in [-0.3, -0.25) is 0 Å². The van der Waals surface area contributed by atoms with Crippen molar-refractivity contribution in [2.24, 2.45) is 122 Å². The maximum atomic E-state index is 14.1. The molecule has 0 aromatic carbocycles. The van der Waals surface area contributed by atoms with Gasteiger partial charge in [0.15, 0.2) is 0 Å². The third-order valence-corrected chi connectivity index (χ3v) is 27.7. The molecule has 0 radical (unpaired) electrons. The number of rotatable bonds is 1. The van der Waals surface area contributed by atoms with Crippen molar-refractivity contribution in [2.45, 2.75) is 346 Å². The van der Waals surface area contributed by atoms with Crippen molar-refractivity contribution in [1.29, 1.82) is 0 Å². The van der Waals surface area contributed by atoms with Crippen LogP contribution in [0.5, 0.6) is 0 Å². The Morgan fingerprint density at radius 3 is 1.04 bits per heavy atom. The maximum absolute atomic E-state index is 14.1. The lowest BCUT2D eigenvalue weighted by atomic mass is 9.46. The first-order valence-corrected chi connectivity index (χ1v) is 36.0. The summed E-state index contributed by atoms with van der Waals surface area (Å²) >= 11 is 13.2. The van der Waals surface area contributed by atoms with Crippen molar-refractivity contribution in [2.75, 3.05) is 0 Å². The van der Waals surface area contributed by atoms with Gasteiger partial charge >= 0.3 is 0 Å². The Labute approximate surface area is 497 Å². The molecule has 4 heteroatoms. The molecular formula is C74H136Cl2F2. The fourth-order valence-electron chi connectivity index (χ4n) is 21.0. The first kappa shape index (κ1) is 69.2. The highest BCUT2D eigenvalue weighted by molar-refractivity contribution is 6.24. The van der Waals surface area contributed by atoms with Crippen LogP contribution in [0.2, 0.25) is 0 Å². The Balaban J connectivity index is 0.000000168. The molecule has 0 aromatic rings. The molecule has 16 bridgehead atoms. The van der Waals surface area contributed by atoms with Gasteiger partial charge in [0, 0.05) is 9.75 Å². The normalized spacial score (nSPS) is 48.7. The second kappa shape index (κ2) is 27.9. The van der Waals surface area contributed by atoms with Gasteiger partial charge in [-0.2, -0.15) is 0 Å². The molecule has 19 saturated carbocycles. The van der Waals surface area contributed by atoms with Crippen molar-refractivity contribution in [1.82, 2.24) is 0 Å². The van der Waals surface area contributed by atoms with Crippen LogP contribution >= 0.6 is 23.2 Å². The Morgan fingerprint density at radius 2 is 0.769 bits per heavy atom. The van der Waals surface area contributed by atoms with Crippen LogP contribution in [0, 0.1) is 122 Å². The second-order valence-electron chi connectivity index (χ2n) is 32.5. The first-order valence-electron chi connectivity index (χ1n) is 35.3. The summed E-state index contributed by atoms with van der Waals surface area (Å²) in [7, 11) is 0. The van der Waals surface area contributed by atoms with Crippen LogP contribution in [0.1, 0.15) is 325 Å². The van der Waals surface area contributed by atoms with Crippen LogP contribution in [-0.2, 0) is 0 Å². The SMILES string of the molecule is CC.CC.CC.CC.CC(C)(C)C12CCC(F)(CC1)CC2.CC1C2CC3CC1CC(Cl)(C3)C2.CC1C2CC3CC1CC(Cl)(C3)C2.CC1C2CC3CC1CC(F)(C3)C2.CC1CCC(C)(C(C)C)CC1.C[C@H]1CC[C@H]2C[C@@H]1C2(C)C. The van der Waals surface area contributed by atoms with Gasteiger partial charge in [-0.25, -0.2) is 8.78 Å². The van der Waals surface area contributed by atoms with E-state index in [0.29, 0.717) is 21.7 Å². The zero-order valence-corrected chi connectivity index (χ0v) is 57.6. The Hall–Kier alpha value is 0.440. The van der Waals surface area contributed by atoms with Crippen LogP contribution in [0.25, 0.3) is 0 Å².